The summed E-state index contributed by atoms with van der Waals surface area (Å²) < 4.78 is 11.3. The van der Waals surface area contributed by atoms with Crippen LogP contribution in [0, 0.1) is 0 Å². The Hall–Kier alpha value is -5.80. The number of hydrogen-bond donors (Lipinski definition) is 0. The van der Waals surface area contributed by atoms with E-state index in [1.165, 1.54) is 49.4 Å². The highest BCUT2D eigenvalue weighted by Crippen LogP contribution is 2.41. The number of benzene rings is 6. The molecular formula is C42H28N2O. The van der Waals surface area contributed by atoms with Gasteiger partial charge >= 0.3 is 0 Å². The van der Waals surface area contributed by atoms with Crippen LogP contribution >= 0.6 is 0 Å². The number of hydrogen-bond acceptors (Lipinski definition) is 1. The molecule has 0 radical (unpaired) electrons. The van der Waals surface area contributed by atoms with Crippen LogP contribution < -0.4 is 0 Å². The van der Waals surface area contributed by atoms with Gasteiger partial charge in [0.2, 0.25) is 0 Å². The van der Waals surface area contributed by atoms with Gasteiger partial charge in [-0.1, -0.05) is 103 Å². The number of nitrogens with zero attached hydrogens (tertiary/aromatic N) is 2. The first-order valence-electron chi connectivity index (χ1n) is 15.6. The molecule has 1 aliphatic rings. The van der Waals surface area contributed by atoms with Gasteiger partial charge in [-0.05, 0) is 60.5 Å². The number of aromatic nitrogens is 2. The van der Waals surface area contributed by atoms with Gasteiger partial charge in [0.25, 0.3) is 0 Å². The number of allylic oxidation sites excluding steroid dienone is 4. The molecule has 212 valence electrons. The molecule has 10 rings (SSSR count). The molecule has 0 spiro atoms. The Labute approximate surface area is 259 Å². The molecular weight excluding hydrogens is 548 g/mol. The van der Waals surface area contributed by atoms with E-state index in [1.807, 2.05) is 6.07 Å². The lowest BCUT2D eigenvalue weighted by Gasteiger charge is -2.19. The molecule has 3 heterocycles. The van der Waals surface area contributed by atoms with Gasteiger partial charge in [0.05, 0.1) is 22.1 Å². The summed E-state index contributed by atoms with van der Waals surface area (Å²) in [6, 6.07) is 48.0. The zero-order chi connectivity index (χ0) is 29.5. The molecule has 9 aromatic rings. The lowest BCUT2D eigenvalue weighted by Crippen LogP contribution is -2.03. The van der Waals surface area contributed by atoms with Gasteiger partial charge < -0.3 is 13.6 Å². The fourth-order valence-electron chi connectivity index (χ4n) is 7.59. The van der Waals surface area contributed by atoms with Crippen molar-refractivity contribution in [2.45, 2.75) is 12.3 Å². The van der Waals surface area contributed by atoms with Crippen molar-refractivity contribution in [3.05, 3.63) is 157 Å². The van der Waals surface area contributed by atoms with Gasteiger partial charge in [-0.15, -0.1) is 0 Å². The van der Waals surface area contributed by atoms with Crippen molar-refractivity contribution in [3.63, 3.8) is 0 Å². The lowest BCUT2D eigenvalue weighted by atomic mass is 9.91. The Morgan fingerprint density at radius 1 is 0.511 bits per heavy atom. The van der Waals surface area contributed by atoms with Gasteiger partial charge in [0, 0.05) is 49.6 Å². The molecule has 3 nitrogen and oxygen atoms in total. The first-order chi connectivity index (χ1) is 22.3. The first kappa shape index (κ1) is 24.6. The molecule has 45 heavy (non-hydrogen) atoms. The molecule has 3 aromatic heterocycles. The molecule has 0 aliphatic heterocycles. The van der Waals surface area contributed by atoms with Crippen LogP contribution in [0.1, 0.15) is 17.9 Å². The summed E-state index contributed by atoms with van der Waals surface area (Å²) in [5, 5.41) is 7.34. The van der Waals surface area contributed by atoms with E-state index < -0.39 is 0 Å². The van der Waals surface area contributed by atoms with Crippen LogP contribution in [0.2, 0.25) is 0 Å². The zero-order valence-electron chi connectivity index (χ0n) is 24.5. The fourth-order valence-corrected chi connectivity index (χ4v) is 7.59. The number of para-hydroxylation sites is 4. The van der Waals surface area contributed by atoms with Crippen molar-refractivity contribution in [2.75, 3.05) is 0 Å². The standard InChI is InChI=1S/C42H28N2O/c1-5-13-37-31(9-1)32-10-2-6-14-38(32)43(37)29-21-17-27(18-22-29)28-19-23-30(24-20-28)44-39-15-7-3-11-33(39)35-25-26-36-34-12-4-8-16-40(34)45-42(36)41(35)44/h1-17,19-27H,18H2. The summed E-state index contributed by atoms with van der Waals surface area (Å²) in [6.07, 6.45) is 8.02. The number of rotatable bonds is 3. The Bertz CT molecular complexity index is 2620. The van der Waals surface area contributed by atoms with Gasteiger partial charge in [0.15, 0.2) is 5.58 Å². The second-order valence-electron chi connectivity index (χ2n) is 12.1. The SMILES string of the molecule is C1=CC(c2ccc(-n3c4ccccc4c4ccc5c6ccccc6oc5c43)cc2)CC=C1n1c2ccccc2c2ccccc21. The van der Waals surface area contributed by atoms with Crippen LogP contribution in [0.5, 0.6) is 0 Å². The summed E-state index contributed by atoms with van der Waals surface area (Å²) in [7, 11) is 0. The predicted molar refractivity (Wildman–Crippen MR) is 188 cm³/mol. The summed E-state index contributed by atoms with van der Waals surface area (Å²) >= 11 is 0. The maximum atomic E-state index is 6.53. The van der Waals surface area contributed by atoms with Crippen LogP contribution in [0.4, 0.5) is 0 Å². The molecule has 3 heteroatoms. The monoisotopic (exact) mass is 576 g/mol. The molecule has 0 fully saturated rings. The third kappa shape index (κ3) is 3.52. The molecule has 0 saturated carbocycles. The van der Waals surface area contributed by atoms with E-state index in [2.05, 4.69) is 155 Å². The third-order valence-electron chi connectivity index (χ3n) is 9.68. The third-order valence-corrected chi connectivity index (χ3v) is 9.68. The second-order valence-corrected chi connectivity index (χ2v) is 12.1. The highest BCUT2D eigenvalue weighted by atomic mass is 16.3. The van der Waals surface area contributed by atoms with Crippen molar-refractivity contribution in [1.82, 2.24) is 9.13 Å². The topological polar surface area (TPSA) is 23.0 Å². The van der Waals surface area contributed by atoms with Crippen molar-refractivity contribution in [2.24, 2.45) is 0 Å². The van der Waals surface area contributed by atoms with Crippen molar-refractivity contribution < 1.29 is 4.42 Å². The maximum absolute atomic E-state index is 6.53. The molecule has 0 N–H and O–H groups in total. The van der Waals surface area contributed by atoms with Crippen LogP contribution in [-0.2, 0) is 0 Å². The zero-order valence-corrected chi connectivity index (χ0v) is 24.5. The minimum Gasteiger partial charge on any atom is -0.454 e. The van der Waals surface area contributed by atoms with Gasteiger partial charge in [-0.2, -0.15) is 0 Å². The van der Waals surface area contributed by atoms with Crippen LogP contribution in [0.25, 0.3) is 76.9 Å². The number of furan rings is 1. The predicted octanol–water partition coefficient (Wildman–Crippen LogP) is 11.4. The van der Waals surface area contributed by atoms with Crippen molar-refractivity contribution >= 4 is 71.2 Å². The Morgan fingerprint density at radius 2 is 1.09 bits per heavy atom. The fraction of sp³-hybridized carbons (Fsp3) is 0.0476. The van der Waals surface area contributed by atoms with Crippen molar-refractivity contribution in [1.29, 1.82) is 0 Å². The molecule has 1 unspecified atom stereocenters. The highest BCUT2D eigenvalue weighted by molar-refractivity contribution is 6.21. The van der Waals surface area contributed by atoms with Gasteiger partial charge in [-0.3, -0.25) is 0 Å². The van der Waals surface area contributed by atoms with Crippen molar-refractivity contribution in [3.8, 4) is 5.69 Å². The minimum absolute atomic E-state index is 0.330. The maximum Gasteiger partial charge on any atom is 0.160 e. The molecule has 1 atom stereocenters. The molecule has 1 aliphatic carbocycles. The summed E-state index contributed by atoms with van der Waals surface area (Å²) in [5.41, 5.74) is 10.4. The Morgan fingerprint density at radius 3 is 1.76 bits per heavy atom. The van der Waals surface area contributed by atoms with Gasteiger partial charge in [0.1, 0.15) is 5.58 Å². The van der Waals surface area contributed by atoms with E-state index in [-0.39, 0.29) is 0 Å². The second kappa shape index (κ2) is 9.35. The lowest BCUT2D eigenvalue weighted by molar-refractivity contribution is 0.671. The smallest absolute Gasteiger partial charge is 0.160 e. The highest BCUT2D eigenvalue weighted by Gasteiger charge is 2.20. The van der Waals surface area contributed by atoms with E-state index >= 15 is 0 Å². The molecule has 0 amide bonds. The molecule has 0 saturated heterocycles. The Kier molecular flexibility index (Phi) is 5.11. The molecule has 6 aromatic carbocycles. The van der Waals surface area contributed by atoms with E-state index in [0.29, 0.717) is 5.92 Å². The number of fused-ring (bicyclic) bond motifs is 10. The van der Waals surface area contributed by atoms with E-state index in [1.54, 1.807) is 0 Å². The summed E-state index contributed by atoms with van der Waals surface area (Å²) in [4.78, 5) is 0. The summed E-state index contributed by atoms with van der Waals surface area (Å²) in [6.45, 7) is 0. The quantitative estimate of drug-likeness (QED) is 0.205. The first-order valence-corrected chi connectivity index (χ1v) is 15.6. The van der Waals surface area contributed by atoms with Crippen LogP contribution in [-0.4, -0.2) is 9.13 Å². The largest absolute Gasteiger partial charge is 0.454 e. The van der Waals surface area contributed by atoms with E-state index in [4.69, 9.17) is 4.42 Å². The van der Waals surface area contributed by atoms with E-state index in [9.17, 15) is 0 Å². The van der Waals surface area contributed by atoms with E-state index in [0.717, 1.165) is 39.6 Å². The van der Waals surface area contributed by atoms with Crippen LogP contribution in [0.15, 0.2) is 156 Å². The van der Waals surface area contributed by atoms with Gasteiger partial charge in [-0.25, -0.2) is 0 Å². The Balaban J connectivity index is 1.05. The normalized spacial score (nSPS) is 15.3. The molecule has 0 bridgehead atoms. The minimum atomic E-state index is 0.330. The average Bonchev–Trinajstić information content (AvgIpc) is 3.76. The van der Waals surface area contributed by atoms with Crippen LogP contribution in [0.3, 0.4) is 0 Å². The average molecular weight is 577 g/mol. The summed E-state index contributed by atoms with van der Waals surface area (Å²) in [5.74, 6) is 0.330.